The van der Waals surface area contributed by atoms with E-state index in [-0.39, 0.29) is 18.3 Å². The first kappa shape index (κ1) is 18.1. The van der Waals surface area contributed by atoms with Gasteiger partial charge in [0.2, 0.25) is 5.91 Å². The van der Waals surface area contributed by atoms with E-state index in [9.17, 15) is 4.79 Å². The molecular formula is C17H22ClN3O. The van der Waals surface area contributed by atoms with Gasteiger partial charge < -0.3 is 10.6 Å². The van der Waals surface area contributed by atoms with Crippen LogP contribution in [0, 0.1) is 0 Å². The fraction of sp³-hybridized carbons (Fsp3) is 0.294. The summed E-state index contributed by atoms with van der Waals surface area (Å²) in [6.07, 6.45) is 4.03. The van der Waals surface area contributed by atoms with Crippen molar-refractivity contribution in [3.05, 3.63) is 66.0 Å². The number of benzene rings is 1. The van der Waals surface area contributed by atoms with Gasteiger partial charge >= 0.3 is 0 Å². The third kappa shape index (κ3) is 5.13. The molecule has 0 fully saturated rings. The topological polar surface area (TPSA) is 59.2 Å². The number of aromatic nitrogens is 1. The molecule has 5 heteroatoms. The van der Waals surface area contributed by atoms with Gasteiger partial charge in [0, 0.05) is 25.5 Å². The minimum absolute atomic E-state index is 0. The van der Waals surface area contributed by atoms with Crippen LogP contribution in [0.15, 0.2) is 54.9 Å². The molecule has 0 saturated carbocycles. The van der Waals surface area contributed by atoms with Gasteiger partial charge in [-0.3, -0.25) is 9.78 Å². The van der Waals surface area contributed by atoms with Gasteiger partial charge in [0.25, 0.3) is 0 Å². The SMILES string of the molecule is CCN(Cc1ccncc1)C(=O)C(N)Cc1ccccc1.Cl. The lowest BCUT2D eigenvalue weighted by Crippen LogP contribution is -2.44. The van der Waals surface area contributed by atoms with Crippen LogP contribution in [0.2, 0.25) is 0 Å². The van der Waals surface area contributed by atoms with Crippen molar-refractivity contribution in [2.75, 3.05) is 6.54 Å². The monoisotopic (exact) mass is 319 g/mol. The van der Waals surface area contributed by atoms with Crippen molar-refractivity contribution in [2.45, 2.75) is 25.9 Å². The van der Waals surface area contributed by atoms with Crippen molar-refractivity contribution in [1.29, 1.82) is 0 Å². The second-order valence-electron chi connectivity index (χ2n) is 5.00. The molecule has 2 aromatic rings. The Morgan fingerprint density at radius 3 is 2.36 bits per heavy atom. The van der Waals surface area contributed by atoms with Crippen molar-refractivity contribution in [2.24, 2.45) is 5.73 Å². The van der Waals surface area contributed by atoms with Crippen LogP contribution in [0.3, 0.4) is 0 Å². The maximum atomic E-state index is 12.5. The highest BCUT2D eigenvalue weighted by Crippen LogP contribution is 2.08. The molecule has 1 amide bonds. The maximum Gasteiger partial charge on any atom is 0.240 e. The first-order valence-electron chi connectivity index (χ1n) is 7.18. The average Bonchev–Trinajstić information content (AvgIpc) is 2.54. The van der Waals surface area contributed by atoms with Crippen LogP contribution in [-0.4, -0.2) is 28.4 Å². The summed E-state index contributed by atoms with van der Waals surface area (Å²) < 4.78 is 0. The summed E-state index contributed by atoms with van der Waals surface area (Å²) in [7, 11) is 0. The Kier molecular flexibility index (Phi) is 7.57. The standard InChI is InChI=1S/C17H21N3O.ClH/c1-2-20(13-15-8-10-19-11-9-15)17(21)16(18)12-14-6-4-3-5-7-14;/h3-11,16H,2,12-13,18H2,1H3;1H. The van der Waals surface area contributed by atoms with Crippen molar-refractivity contribution < 1.29 is 4.79 Å². The number of amides is 1. The molecule has 0 aliphatic heterocycles. The zero-order valence-electron chi connectivity index (χ0n) is 12.7. The molecule has 0 aliphatic rings. The zero-order valence-corrected chi connectivity index (χ0v) is 13.5. The highest BCUT2D eigenvalue weighted by Gasteiger charge is 2.20. The minimum atomic E-state index is -0.505. The summed E-state index contributed by atoms with van der Waals surface area (Å²) >= 11 is 0. The van der Waals surface area contributed by atoms with Crippen molar-refractivity contribution in [1.82, 2.24) is 9.88 Å². The number of nitrogens with zero attached hydrogens (tertiary/aromatic N) is 2. The van der Waals surface area contributed by atoms with Crippen LogP contribution in [0.25, 0.3) is 0 Å². The highest BCUT2D eigenvalue weighted by molar-refractivity contribution is 5.85. The number of halogens is 1. The summed E-state index contributed by atoms with van der Waals surface area (Å²) in [6.45, 7) is 3.18. The molecule has 1 unspecified atom stereocenters. The van der Waals surface area contributed by atoms with Crippen LogP contribution in [-0.2, 0) is 17.8 Å². The van der Waals surface area contributed by atoms with Crippen LogP contribution in [0.5, 0.6) is 0 Å². The van der Waals surface area contributed by atoms with Gasteiger partial charge in [-0.1, -0.05) is 30.3 Å². The van der Waals surface area contributed by atoms with Gasteiger partial charge in [0.05, 0.1) is 6.04 Å². The normalized spacial score (nSPS) is 11.4. The lowest BCUT2D eigenvalue weighted by molar-refractivity contribution is -0.133. The summed E-state index contributed by atoms with van der Waals surface area (Å²) in [5.41, 5.74) is 8.22. The Bertz CT molecular complexity index is 563. The largest absolute Gasteiger partial charge is 0.337 e. The van der Waals surface area contributed by atoms with Gasteiger partial charge in [-0.25, -0.2) is 0 Å². The molecule has 2 N–H and O–H groups in total. The van der Waals surface area contributed by atoms with Crippen LogP contribution < -0.4 is 5.73 Å². The summed E-state index contributed by atoms with van der Waals surface area (Å²) in [5, 5.41) is 0. The van der Waals surface area contributed by atoms with Gasteiger partial charge in [0.15, 0.2) is 0 Å². The number of hydrogen-bond donors (Lipinski definition) is 1. The molecule has 1 atom stereocenters. The van der Waals surface area contributed by atoms with Gasteiger partial charge in [-0.2, -0.15) is 0 Å². The van der Waals surface area contributed by atoms with Crippen LogP contribution in [0.4, 0.5) is 0 Å². The predicted molar refractivity (Wildman–Crippen MR) is 90.7 cm³/mol. The summed E-state index contributed by atoms with van der Waals surface area (Å²) in [6, 6.07) is 13.2. The second kappa shape index (κ2) is 9.18. The highest BCUT2D eigenvalue weighted by atomic mass is 35.5. The molecule has 1 aromatic heterocycles. The summed E-state index contributed by atoms with van der Waals surface area (Å²) in [5.74, 6) is -0.0156. The molecule has 22 heavy (non-hydrogen) atoms. The molecule has 1 aromatic carbocycles. The molecule has 2 rings (SSSR count). The Morgan fingerprint density at radius 2 is 1.77 bits per heavy atom. The molecule has 118 valence electrons. The number of rotatable bonds is 6. The van der Waals surface area contributed by atoms with Gasteiger partial charge in [-0.05, 0) is 36.6 Å². The maximum absolute atomic E-state index is 12.5. The number of carbonyl (C=O) groups excluding carboxylic acids is 1. The van der Waals surface area contributed by atoms with E-state index in [1.807, 2.05) is 49.4 Å². The molecule has 4 nitrogen and oxygen atoms in total. The fourth-order valence-corrected chi connectivity index (χ4v) is 2.24. The van der Waals surface area contributed by atoms with E-state index in [0.29, 0.717) is 19.5 Å². The lowest BCUT2D eigenvalue weighted by atomic mass is 10.1. The Labute approximate surface area is 137 Å². The number of carbonyl (C=O) groups is 1. The Hall–Kier alpha value is -1.91. The van der Waals surface area contributed by atoms with Crippen molar-refractivity contribution in [3.8, 4) is 0 Å². The smallest absolute Gasteiger partial charge is 0.240 e. The molecule has 0 bridgehead atoms. The zero-order chi connectivity index (χ0) is 15.1. The number of pyridine rings is 1. The molecule has 1 heterocycles. The Balaban J connectivity index is 0.00000242. The number of nitrogens with two attached hydrogens (primary N) is 1. The van der Waals surface area contributed by atoms with E-state index in [0.717, 1.165) is 11.1 Å². The Morgan fingerprint density at radius 1 is 1.14 bits per heavy atom. The molecule has 0 aliphatic carbocycles. The lowest BCUT2D eigenvalue weighted by Gasteiger charge is -2.24. The molecule has 0 radical (unpaired) electrons. The van der Waals surface area contributed by atoms with Crippen molar-refractivity contribution >= 4 is 18.3 Å². The van der Waals surface area contributed by atoms with E-state index in [1.165, 1.54) is 0 Å². The quantitative estimate of drug-likeness (QED) is 0.889. The molecular weight excluding hydrogens is 298 g/mol. The third-order valence-electron chi connectivity index (χ3n) is 3.43. The number of hydrogen-bond acceptors (Lipinski definition) is 3. The second-order valence-corrected chi connectivity index (χ2v) is 5.00. The first-order valence-corrected chi connectivity index (χ1v) is 7.18. The van der Waals surface area contributed by atoms with Crippen LogP contribution in [0.1, 0.15) is 18.1 Å². The van der Waals surface area contributed by atoms with E-state index in [2.05, 4.69) is 4.98 Å². The first-order chi connectivity index (χ1) is 10.2. The van der Waals surface area contributed by atoms with E-state index in [1.54, 1.807) is 17.3 Å². The molecule has 0 spiro atoms. The molecule has 0 saturated heterocycles. The fourth-order valence-electron chi connectivity index (χ4n) is 2.24. The van der Waals surface area contributed by atoms with E-state index < -0.39 is 6.04 Å². The minimum Gasteiger partial charge on any atom is -0.337 e. The third-order valence-corrected chi connectivity index (χ3v) is 3.43. The summed E-state index contributed by atoms with van der Waals surface area (Å²) in [4.78, 5) is 18.2. The van der Waals surface area contributed by atoms with Crippen molar-refractivity contribution in [3.63, 3.8) is 0 Å². The van der Waals surface area contributed by atoms with Gasteiger partial charge in [0.1, 0.15) is 0 Å². The van der Waals surface area contributed by atoms with E-state index >= 15 is 0 Å². The van der Waals surface area contributed by atoms with Gasteiger partial charge in [-0.15, -0.1) is 12.4 Å². The average molecular weight is 320 g/mol. The van der Waals surface area contributed by atoms with E-state index in [4.69, 9.17) is 5.73 Å². The number of likely N-dealkylation sites (N-methyl/N-ethyl adjacent to an activating group) is 1. The predicted octanol–water partition coefficient (Wildman–Crippen LogP) is 2.42. The van der Waals surface area contributed by atoms with Crippen LogP contribution >= 0.6 is 12.4 Å².